The smallest absolute Gasteiger partial charge is 0.356 e. The molecule has 0 bridgehead atoms. The van der Waals surface area contributed by atoms with Crippen LogP contribution in [0.25, 0.3) is 0 Å². The Labute approximate surface area is 114 Å². The second kappa shape index (κ2) is 5.79. The van der Waals surface area contributed by atoms with Gasteiger partial charge in [-0.25, -0.2) is 9.59 Å². The van der Waals surface area contributed by atoms with Crippen LogP contribution in [0.4, 0.5) is 11.5 Å². The van der Waals surface area contributed by atoms with Crippen LogP contribution in [-0.2, 0) is 4.74 Å². The highest BCUT2D eigenvalue weighted by Crippen LogP contribution is 2.19. The molecule has 102 valence electrons. The van der Waals surface area contributed by atoms with Gasteiger partial charge in [-0.2, -0.15) is 0 Å². The third-order valence-electron chi connectivity index (χ3n) is 2.48. The molecule has 1 aromatic carbocycles. The third kappa shape index (κ3) is 2.89. The Hall–Kier alpha value is -2.96. The van der Waals surface area contributed by atoms with Crippen LogP contribution in [0.15, 0.2) is 36.4 Å². The standard InChI is InChI=1S/C13H11N3O4/c1-20-13(19)8-4-2-3-5-9(8)14-11-7-6-10(12(17)18)15-16-11/h2-7H,1H3,(H,14,16)(H,17,18). The summed E-state index contributed by atoms with van der Waals surface area (Å²) in [5.74, 6) is -1.31. The van der Waals surface area contributed by atoms with Crippen molar-refractivity contribution in [3.63, 3.8) is 0 Å². The zero-order valence-corrected chi connectivity index (χ0v) is 10.5. The molecule has 0 spiro atoms. The van der Waals surface area contributed by atoms with Crippen molar-refractivity contribution in [1.82, 2.24) is 10.2 Å². The molecule has 0 aliphatic carbocycles. The lowest BCUT2D eigenvalue weighted by molar-refractivity contribution is 0.0601. The zero-order valence-electron chi connectivity index (χ0n) is 10.5. The summed E-state index contributed by atoms with van der Waals surface area (Å²) < 4.78 is 4.67. The highest BCUT2D eigenvalue weighted by Gasteiger charge is 2.12. The number of esters is 1. The molecule has 0 amide bonds. The van der Waals surface area contributed by atoms with Gasteiger partial charge in [-0.15, -0.1) is 10.2 Å². The van der Waals surface area contributed by atoms with E-state index in [9.17, 15) is 9.59 Å². The normalized spacial score (nSPS) is 9.85. The maximum absolute atomic E-state index is 11.6. The minimum atomic E-state index is -1.15. The number of carbonyl (C=O) groups excluding carboxylic acids is 1. The monoisotopic (exact) mass is 273 g/mol. The number of carboxylic acid groups (broad SMARTS) is 1. The van der Waals surface area contributed by atoms with Gasteiger partial charge in [0.25, 0.3) is 0 Å². The minimum Gasteiger partial charge on any atom is -0.476 e. The molecular weight excluding hydrogens is 262 g/mol. The van der Waals surface area contributed by atoms with E-state index in [1.54, 1.807) is 24.3 Å². The van der Waals surface area contributed by atoms with Crippen molar-refractivity contribution in [2.24, 2.45) is 0 Å². The fraction of sp³-hybridized carbons (Fsp3) is 0.0769. The van der Waals surface area contributed by atoms with Crippen molar-refractivity contribution in [3.05, 3.63) is 47.7 Å². The number of methoxy groups -OCH3 is 1. The summed E-state index contributed by atoms with van der Waals surface area (Å²) in [6, 6.07) is 9.51. The molecule has 0 radical (unpaired) electrons. The van der Waals surface area contributed by atoms with Crippen molar-refractivity contribution in [2.75, 3.05) is 12.4 Å². The topological polar surface area (TPSA) is 101 Å². The Morgan fingerprint density at radius 2 is 1.90 bits per heavy atom. The van der Waals surface area contributed by atoms with Gasteiger partial charge in [0.2, 0.25) is 0 Å². The summed E-state index contributed by atoms with van der Waals surface area (Å²) in [6.07, 6.45) is 0. The minimum absolute atomic E-state index is 0.156. The molecule has 0 fully saturated rings. The number of nitrogens with one attached hydrogen (secondary N) is 1. The average molecular weight is 273 g/mol. The van der Waals surface area contributed by atoms with Gasteiger partial charge < -0.3 is 15.2 Å². The molecule has 0 saturated heterocycles. The summed E-state index contributed by atoms with van der Waals surface area (Å²) >= 11 is 0. The summed E-state index contributed by atoms with van der Waals surface area (Å²) in [6.45, 7) is 0. The fourth-order valence-electron chi connectivity index (χ4n) is 1.53. The van der Waals surface area contributed by atoms with Crippen molar-refractivity contribution >= 4 is 23.4 Å². The molecule has 0 unspecified atom stereocenters. The van der Waals surface area contributed by atoms with Gasteiger partial charge in [0.1, 0.15) is 0 Å². The van der Waals surface area contributed by atoms with Crippen LogP contribution in [0.1, 0.15) is 20.8 Å². The van der Waals surface area contributed by atoms with E-state index in [1.807, 2.05) is 0 Å². The quantitative estimate of drug-likeness (QED) is 0.817. The van der Waals surface area contributed by atoms with Gasteiger partial charge in [0.05, 0.1) is 18.4 Å². The summed E-state index contributed by atoms with van der Waals surface area (Å²) in [5, 5.41) is 18.9. The summed E-state index contributed by atoms with van der Waals surface area (Å²) in [5.41, 5.74) is 0.688. The first-order valence-corrected chi connectivity index (χ1v) is 5.63. The first kappa shape index (κ1) is 13.5. The van der Waals surface area contributed by atoms with Crippen LogP contribution in [0.5, 0.6) is 0 Å². The lowest BCUT2D eigenvalue weighted by Crippen LogP contribution is -2.07. The van der Waals surface area contributed by atoms with E-state index < -0.39 is 11.9 Å². The molecule has 2 N–H and O–H groups in total. The van der Waals surface area contributed by atoms with E-state index in [-0.39, 0.29) is 5.69 Å². The Bertz CT molecular complexity index is 640. The number of para-hydroxylation sites is 1. The van der Waals surface area contributed by atoms with Crippen LogP contribution in [-0.4, -0.2) is 34.4 Å². The molecule has 2 aromatic rings. The molecule has 0 saturated carbocycles. The molecule has 0 atom stereocenters. The number of rotatable bonds is 4. The molecule has 7 nitrogen and oxygen atoms in total. The second-order valence-electron chi connectivity index (χ2n) is 3.77. The molecule has 7 heteroatoms. The number of carbonyl (C=O) groups is 2. The first-order chi connectivity index (χ1) is 9.61. The highest BCUT2D eigenvalue weighted by molar-refractivity contribution is 5.96. The second-order valence-corrected chi connectivity index (χ2v) is 3.77. The van der Waals surface area contributed by atoms with Crippen LogP contribution in [0.3, 0.4) is 0 Å². The Morgan fingerprint density at radius 3 is 2.50 bits per heavy atom. The number of benzene rings is 1. The average Bonchev–Trinajstić information content (AvgIpc) is 2.47. The van der Waals surface area contributed by atoms with Gasteiger partial charge in [-0.1, -0.05) is 12.1 Å². The van der Waals surface area contributed by atoms with E-state index >= 15 is 0 Å². The van der Waals surface area contributed by atoms with Gasteiger partial charge in [0.15, 0.2) is 11.5 Å². The Kier molecular flexibility index (Phi) is 3.90. The number of anilines is 2. The SMILES string of the molecule is COC(=O)c1ccccc1Nc1ccc(C(=O)O)nn1. The number of hydrogen-bond donors (Lipinski definition) is 2. The molecule has 1 aromatic heterocycles. The zero-order chi connectivity index (χ0) is 14.5. The van der Waals surface area contributed by atoms with Crippen molar-refractivity contribution < 1.29 is 19.4 Å². The first-order valence-electron chi connectivity index (χ1n) is 5.63. The predicted molar refractivity (Wildman–Crippen MR) is 70.1 cm³/mol. The largest absolute Gasteiger partial charge is 0.476 e. The van der Waals surface area contributed by atoms with E-state index in [0.717, 1.165) is 0 Å². The van der Waals surface area contributed by atoms with Crippen LogP contribution in [0.2, 0.25) is 0 Å². The number of ether oxygens (including phenoxy) is 1. The summed E-state index contributed by atoms with van der Waals surface area (Å²) in [7, 11) is 1.29. The van der Waals surface area contributed by atoms with Gasteiger partial charge in [-0.3, -0.25) is 0 Å². The maximum atomic E-state index is 11.6. The van der Waals surface area contributed by atoms with Crippen LogP contribution in [0, 0.1) is 0 Å². The number of carboxylic acids is 1. The van der Waals surface area contributed by atoms with Gasteiger partial charge in [0, 0.05) is 0 Å². The molecule has 20 heavy (non-hydrogen) atoms. The number of nitrogens with zero attached hydrogens (tertiary/aromatic N) is 2. The summed E-state index contributed by atoms with van der Waals surface area (Å²) in [4.78, 5) is 22.3. The molecule has 0 aliphatic rings. The van der Waals surface area contributed by atoms with E-state index in [2.05, 4.69) is 20.3 Å². The van der Waals surface area contributed by atoms with E-state index in [1.165, 1.54) is 19.2 Å². The van der Waals surface area contributed by atoms with Gasteiger partial charge >= 0.3 is 11.9 Å². The molecule has 2 rings (SSSR count). The molecule has 1 heterocycles. The Morgan fingerprint density at radius 1 is 1.15 bits per heavy atom. The maximum Gasteiger partial charge on any atom is 0.356 e. The van der Waals surface area contributed by atoms with E-state index in [0.29, 0.717) is 17.1 Å². The molecule has 0 aliphatic heterocycles. The van der Waals surface area contributed by atoms with Crippen LogP contribution >= 0.6 is 0 Å². The number of hydrogen-bond acceptors (Lipinski definition) is 6. The Balaban J connectivity index is 2.26. The molecular formula is C13H11N3O4. The lowest BCUT2D eigenvalue weighted by Gasteiger charge is -2.09. The van der Waals surface area contributed by atoms with E-state index in [4.69, 9.17) is 5.11 Å². The van der Waals surface area contributed by atoms with Crippen molar-refractivity contribution in [3.8, 4) is 0 Å². The van der Waals surface area contributed by atoms with Crippen molar-refractivity contribution in [1.29, 1.82) is 0 Å². The van der Waals surface area contributed by atoms with Gasteiger partial charge in [-0.05, 0) is 24.3 Å². The fourth-order valence-corrected chi connectivity index (χ4v) is 1.53. The number of aromatic carboxylic acids is 1. The predicted octanol–water partition coefficient (Wildman–Crippen LogP) is 1.70. The highest BCUT2D eigenvalue weighted by atomic mass is 16.5. The lowest BCUT2D eigenvalue weighted by atomic mass is 10.2. The van der Waals surface area contributed by atoms with Crippen LogP contribution < -0.4 is 5.32 Å². The number of aromatic nitrogens is 2. The van der Waals surface area contributed by atoms with Crippen molar-refractivity contribution in [2.45, 2.75) is 0 Å². The third-order valence-corrected chi connectivity index (χ3v) is 2.48.